The number of rotatable bonds is 4. The van der Waals surface area contributed by atoms with Gasteiger partial charge in [-0.3, -0.25) is 4.79 Å². The molecule has 1 aromatic carbocycles. The van der Waals surface area contributed by atoms with Gasteiger partial charge < -0.3 is 21.3 Å². The summed E-state index contributed by atoms with van der Waals surface area (Å²) in [5.74, 6) is -0.289. The second kappa shape index (κ2) is 5.86. The zero-order valence-corrected chi connectivity index (χ0v) is 10.1. The molecule has 1 aromatic rings. The maximum Gasteiger partial charge on any atom is 0.216 e. The fourth-order valence-electron chi connectivity index (χ4n) is 1.42. The summed E-state index contributed by atoms with van der Waals surface area (Å²) < 4.78 is 0. The number of hydrogen-bond acceptors (Lipinski definition) is 4. The number of aliphatic hydroxyl groups excluding tert-OH is 2. The van der Waals surface area contributed by atoms with Crippen molar-refractivity contribution < 1.29 is 15.0 Å². The normalized spacial score (nSPS) is 14.1. The summed E-state index contributed by atoms with van der Waals surface area (Å²) in [4.78, 5) is 10.7. The van der Waals surface area contributed by atoms with E-state index in [1.165, 1.54) is 6.92 Å². The number of nitrogens with two attached hydrogens (primary N) is 1. The summed E-state index contributed by atoms with van der Waals surface area (Å²) in [6.07, 6.45) is -2.41. The SMILES string of the molecule is CC(=O)NCC(O)C(O)c1c(N)cccc1Cl. The standard InChI is InChI=1S/C11H15ClN2O3/c1-6(15)14-5-9(16)11(17)10-7(12)3-2-4-8(10)13/h2-4,9,11,16-17H,5,13H2,1H3,(H,14,15). The lowest BCUT2D eigenvalue weighted by Gasteiger charge is -2.20. The summed E-state index contributed by atoms with van der Waals surface area (Å²) in [5, 5.41) is 22.3. The fraction of sp³-hybridized carbons (Fsp3) is 0.364. The van der Waals surface area contributed by atoms with Crippen LogP contribution in [-0.2, 0) is 4.79 Å². The molecule has 0 fully saturated rings. The van der Waals surface area contributed by atoms with E-state index in [1.54, 1.807) is 18.2 Å². The molecule has 5 nitrogen and oxygen atoms in total. The van der Waals surface area contributed by atoms with Crippen molar-refractivity contribution in [3.63, 3.8) is 0 Å². The second-order valence-electron chi connectivity index (χ2n) is 3.69. The Labute approximate surface area is 104 Å². The van der Waals surface area contributed by atoms with Gasteiger partial charge in [0.15, 0.2) is 0 Å². The molecule has 0 bridgehead atoms. The molecule has 0 aliphatic carbocycles. The summed E-state index contributed by atoms with van der Waals surface area (Å²) >= 11 is 5.89. The molecule has 5 N–H and O–H groups in total. The van der Waals surface area contributed by atoms with Crippen LogP contribution < -0.4 is 11.1 Å². The van der Waals surface area contributed by atoms with E-state index in [2.05, 4.69) is 5.32 Å². The first-order valence-electron chi connectivity index (χ1n) is 5.08. The van der Waals surface area contributed by atoms with Crippen LogP contribution in [0.25, 0.3) is 0 Å². The molecule has 1 rings (SSSR count). The van der Waals surface area contributed by atoms with Gasteiger partial charge in [-0.1, -0.05) is 17.7 Å². The van der Waals surface area contributed by atoms with Gasteiger partial charge in [0.25, 0.3) is 0 Å². The molecule has 0 saturated heterocycles. The highest BCUT2D eigenvalue weighted by atomic mass is 35.5. The highest BCUT2D eigenvalue weighted by Crippen LogP contribution is 2.30. The lowest BCUT2D eigenvalue weighted by atomic mass is 10.0. The largest absolute Gasteiger partial charge is 0.398 e. The van der Waals surface area contributed by atoms with Gasteiger partial charge in [-0.25, -0.2) is 0 Å². The molecule has 0 saturated carbocycles. The zero-order chi connectivity index (χ0) is 13.0. The molecule has 0 aliphatic heterocycles. The van der Waals surface area contributed by atoms with Gasteiger partial charge >= 0.3 is 0 Å². The number of hydrogen-bond donors (Lipinski definition) is 4. The molecule has 2 atom stereocenters. The van der Waals surface area contributed by atoms with E-state index in [9.17, 15) is 15.0 Å². The number of halogens is 1. The maximum atomic E-state index is 10.7. The van der Waals surface area contributed by atoms with Crippen LogP contribution in [-0.4, -0.2) is 28.8 Å². The predicted molar refractivity (Wildman–Crippen MR) is 65.5 cm³/mol. The highest BCUT2D eigenvalue weighted by molar-refractivity contribution is 6.31. The summed E-state index contributed by atoms with van der Waals surface area (Å²) in [7, 11) is 0. The van der Waals surface area contributed by atoms with Crippen molar-refractivity contribution >= 4 is 23.2 Å². The van der Waals surface area contributed by atoms with Gasteiger partial charge in [0, 0.05) is 29.7 Å². The average molecular weight is 259 g/mol. The first kappa shape index (κ1) is 13.8. The van der Waals surface area contributed by atoms with E-state index in [0.717, 1.165) is 0 Å². The van der Waals surface area contributed by atoms with Crippen LogP contribution in [0.15, 0.2) is 18.2 Å². The highest BCUT2D eigenvalue weighted by Gasteiger charge is 2.22. The third-order valence-corrected chi connectivity index (χ3v) is 2.64. The van der Waals surface area contributed by atoms with E-state index in [1.807, 2.05) is 0 Å². The number of amides is 1. The van der Waals surface area contributed by atoms with Crippen molar-refractivity contribution in [2.45, 2.75) is 19.1 Å². The van der Waals surface area contributed by atoms with Crippen molar-refractivity contribution in [1.29, 1.82) is 0 Å². The third-order valence-electron chi connectivity index (χ3n) is 2.31. The van der Waals surface area contributed by atoms with Crippen molar-refractivity contribution in [3.8, 4) is 0 Å². The molecule has 0 aliphatic rings. The molecule has 6 heteroatoms. The Morgan fingerprint density at radius 3 is 2.71 bits per heavy atom. The van der Waals surface area contributed by atoms with Gasteiger partial charge in [-0.15, -0.1) is 0 Å². The van der Waals surface area contributed by atoms with E-state index < -0.39 is 12.2 Å². The molecule has 0 heterocycles. The van der Waals surface area contributed by atoms with E-state index >= 15 is 0 Å². The Morgan fingerprint density at radius 2 is 2.18 bits per heavy atom. The van der Waals surface area contributed by atoms with Crippen LogP contribution in [0.4, 0.5) is 5.69 Å². The first-order chi connectivity index (χ1) is 7.93. The molecule has 0 radical (unpaired) electrons. The topological polar surface area (TPSA) is 95.6 Å². The molecule has 1 amide bonds. The monoisotopic (exact) mass is 258 g/mol. The summed E-state index contributed by atoms with van der Waals surface area (Å²) in [5.41, 5.74) is 6.24. The van der Waals surface area contributed by atoms with Gasteiger partial charge in [0.05, 0.1) is 0 Å². The molecule has 0 aromatic heterocycles. The second-order valence-corrected chi connectivity index (χ2v) is 4.10. The molecule has 0 spiro atoms. The maximum absolute atomic E-state index is 10.7. The predicted octanol–water partition coefficient (Wildman–Crippen LogP) is 0.453. The van der Waals surface area contributed by atoms with Crippen LogP contribution in [0.3, 0.4) is 0 Å². The minimum Gasteiger partial charge on any atom is -0.398 e. The van der Waals surface area contributed by atoms with Crippen LogP contribution in [0.5, 0.6) is 0 Å². The van der Waals surface area contributed by atoms with Gasteiger partial charge in [-0.2, -0.15) is 0 Å². The van der Waals surface area contributed by atoms with Crippen molar-refractivity contribution in [2.75, 3.05) is 12.3 Å². The quantitative estimate of drug-likeness (QED) is 0.590. The Balaban J connectivity index is 2.81. The van der Waals surface area contributed by atoms with Crippen LogP contribution in [0.2, 0.25) is 5.02 Å². The van der Waals surface area contributed by atoms with Crippen LogP contribution in [0, 0.1) is 0 Å². The third kappa shape index (κ3) is 3.59. The lowest BCUT2D eigenvalue weighted by Crippen LogP contribution is -2.34. The molecule has 17 heavy (non-hydrogen) atoms. The summed E-state index contributed by atoms with van der Waals surface area (Å²) in [6, 6.07) is 4.80. The minimum atomic E-state index is -1.24. The van der Waals surface area contributed by atoms with Gasteiger partial charge in [0.2, 0.25) is 5.91 Å². The number of carbonyl (C=O) groups excluding carboxylic acids is 1. The summed E-state index contributed by atoms with van der Waals surface area (Å²) in [6.45, 7) is 1.25. The average Bonchev–Trinajstić information content (AvgIpc) is 2.25. The number of carbonyl (C=O) groups is 1. The van der Waals surface area contributed by atoms with E-state index in [-0.39, 0.29) is 23.0 Å². The van der Waals surface area contributed by atoms with Gasteiger partial charge in [0.1, 0.15) is 12.2 Å². The number of nitrogen functional groups attached to an aromatic ring is 1. The molecule has 2 unspecified atom stereocenters. The number of anilines is 1. The van der Waals surface area contributed by atoms with E-state index in [4.69, 9.17) is 17.3 Å². The fourth-order valence-corrected chi connectivity index (χ4v) is 1.71. The molecular weight excluding hydrogens is 244 g/mol. The van der Waals surface area contributed by atoms with Crippen LogP contribution >= 0.6 is 11.6 Å². The first-order valence-corrected chi connectivity index (χ1v) is 5.45. The Hall–Kier alpha value is -1.30. The van der Waals surface area contributed by atoms with Crippen LogP contribution in [0.1, 0.15) is 18.6 Å². The number of nitrogens with one attached hydrogen (secondary N) is 1. The Bertz CT molecular complexity index is 391. The van der Waals surface area contributed by atoms with Crippen molar-refractivity contribution in [3.05, 3.63) is 28.8 Å². The smallest absolute Gasteiger partial charge is 0.216 e. The number of aliphatic hydroxyl groups is 2. The minimum absolute atomic E-state index is 0.0683. The van der Waals surface area contributed by atoms with Gasteiger partial charge in [-0.05, 0) is 12.1 Å². The Morgan fingerprint density at radius 1 is 1.53 bits per heavy atom. The van der Waals surface area contributed by atoms with E-state index in [0.29, 0.717) is 5.69 Å². The Kier molecular flexibility index (Phi) is 4.74. The van der Waals surface area contributed by atoms with Crippen molar-refractivity contribution in [1.82, 2.24) is 5.32 Å². The molecule has 94 valence electrons. The lowest BCUT2D eigenvalue weighted by molar-refractivity contribution is -0.119. The molecular formula is C11H15ClN2O3. The number of benzene rings is 1. The zero-order valence-electron chi connectivity index (χ0n) is 9.35. The van der Waals surface area contributed by atoms with Crippen molar-refractivity contribution in [2.24, 2.45) is 0 Å².